The topological polar surface area (TPSA) is 88.1 Å². The van der Waals surface area contributed by atoms with Crippen LogP contribution >= 0.6 is 0 Å². The largest absolute Gasteiger partial charge is 0.459 e. The molecule has 7 nitrogen and oxygen atoms in total. The van der Waals surface area contributed by atoms with Crippen molar-refractivity contribution >= 4 is 17.9 Å². The van der Waals surface area contributed by atoms with E-state index in [2.05, 4.69) is 0 Å². The predicted molar refractivity (Wildman–Crippen MR) is 118 cm³/mol. The molecular formula is C26H21FO7. The van der Waals surface area contributed by atoms with Gasteiger partial charge in [-0.3, -0.25) is 0 Å². The number of hydrogen-bond donors (Lipinski definition) is 0. The molecule has 174 valence electrons. The van der Waals surface area contributed by atoms with Crippen LogP contribution in [-0.2, 0) is 18.9 Å². The molecule has 0 aliphatic carbocycles. The summed E-state index contributed by atoms with van der Waals surface area (Å²) in [6, 6.07) is 24.3. The van der Waals surface area contributed by atoms with Crippen molar-refractivity contribution in [3.05, 3.63) is 108 Å². The molecule has 3 aromatic carbocycles. The molecule has 1 saturated heterocycles. The van der Waals surface area contributed by atoms with Crippen LogP contribution in [-0.4, -0.2) is 49.2 Å². The van der Waals surface area contributed by atoms with Gasteiger partial charge < -0.3 is 18.9 Å². The molecule has 1 heterocycles. The number of alkyl halides is 1. The third-order valence-corrected chi connectivity index (χ3v) is 5.15. The van der Waals surface area contributed by atoms with Crippen molar-refractivity contribution in [1.82, 2.24) is 0 Å². The van der Waals surface area contributed by atoms with Gasteiger partial charge in [-0.15, -0.1) is 0 Å². The second-order valence-corrected chi connectivity index (χ2v) is 7.46. The fraction of sp³-hybridized carbons (Fsp3) is 0.192. The summed E-state index contributed by atoms with van der Waals surface area (Å²) < 4.78 is 36.2. The first-order valence-corrected chi connectivity index (χ1v) is 10.6. The van der Waals surface area contributed by atoms with Gasteiger partial charge in [0.15, 0.2) is 12.2 Å². The van der Waals surface area contributed by atoms with Crippen LogP contribution in [0.5, 0.6) is 0 Å². The Bertz CT molecular complexity index is 1120. The molecule has 0 amide bonds. The minimum absolute atomic E-state index is 0.196. The van der Waals surface area contributed by atoms with E-state index in [9.17, 15) is 18.8 Å². The Labute approximate surface area is 195 Å². The molecule has 0 aromatic heterocycles. The molecule has 4 atom stereocenters. The first-order valence-electron chi connectivity index (χ1n) is 10.6. The van der Waals surface area contributed by atoms with Crippen LogP contribution < -0.4 is 0 Å². The van der Waals surface area contributed by atoms with Gasteiger partial charge in [-0.05, 0) is 36.4 Å². The van der Waals surface area contributed by atoms with Crippen LogP contribution in [0.15, 0.2) is 91.0 Å². The molecule has 0 unspecified atom stereocenters. The second-order valence-electron chi connectivity index (χ2n) is 7.46. The summed E-state index contributed by atoms with van der Waals surface area (Å²) in [7, 11) is 0. The van der Waals surface area contributed by atoms with Crippen molar-refractivity contribution in [2.24, 2.45) is 0 Å². The van der Waals surface area contributed by atoms with Gasteiger partial charge in [0.1, 0.15) is 12.7 Å². The van der Waals surface area contributed by atoms with Crippen molar-refractivity contribution in [2.75, 3.05) is 6.61 Å². The zero-order chi connectivity index (χ0) is 23.9. The van der Waals surface area contributed by atoms with E-state index in [1.807, 2.05) is 0 Å². The van der Waals surface area contributed by atoms with Crippen LogP contribution in [0.1, 0.15) is 31.1 Å². The summed E-state index contributed by atoms with van der Waals surface area (Å²) in [6.07, 6.45) is -6.19. The van der Waals surface area contributed by atoms with Crippen LogP contribution in [0.4, 0.5) is 4.39 Å². The summed E-state index contributed by atoms with van der Waals surface area (Å²) in [4.78, 5) is 37.5. The monoisotopic (exact) mass is 464 g/mol. The summed E-state index contributed by atoms with van der Waals surface area (Å²) in [5, 5.41) is 0. The number of carbonyl (C=O) groups is 3. The van der Waals surface area contributed by atoms with E-state index < -0.39 is 49.2 Å². The maximum Gasteiger partial charge on any atom is 0.338 e. The molecule has 0 spiro atoms. The highest BCUT2D eigenvalue weighted by Crippen LogP contribution is 2.30. The van der Waals surface area contributed by atoms with Gasteiger partial charge in [0, 0.05) is 0 Å². The minimum atomic E-state index is -2.10. The normalized spacial score (nSPS) is 21.4. The van der Waals surface area contributed by atoms with Crippen molar-refractivity contribution in [2.45, 2.75) is 24.7 Å². The third kappa shape index (κ3) is 5.47. The number of rotatable bonds is 7. The molecule has 0 N–H and O–H groups in total. The lowest BCUT2D eigenvalue weighted by Crippen LogP contribution is -2.41. The highest BCUT2D eigenvalue weighted by Gasteiger charge is 2.51. The molecule has 4 rings (SSSR count). The van der Waals surface area contributed by atoms with Gasteiger partial charge in [0.05, 0.1) is 16.7 Å². The fourth-order valence-electron chi connectivity index (χ4n) is 3.43. The number of carbonyl (C=O) groups excluding carboxylic acids is 3. The summed E-state index contributed by atoms with van der Waals surface area (Å²) in [6.45, 7) is -0.416. The number of benzene rings is 3. The molecule has 0 bridgehead atoms. The standard InChI is InChI=1S/C26H21FO7/c27-23-22(34-26(30)19-14-8-3-9-15-19)21(33-25(29)18-12-6-2-7-13-18)20(32-23)16-31-24(28)17-10-4-1-5-11-17/h1-15,20-23H,16H2/t20-,21-,22+,23+/m1/s1. The van der Waals surface area contributed by atoms with Crippen LogP contribution in [0.2, 0.25) is 0 Å². The minimum Gasteiger partial charge on any atom is -0.459 e. The molecule has 1 fully saturated rings. The van der Waals surface area contributed by atoms with Crippen LogP contribution in [0, 0.1) is 0 Å². The maximum absolute atomic E-state index is 14.8. The molecule has 1 aliphatic rings. The Morgan fingerprint density at radius 3 is 1.53 bits per heavy atom. The van der Waals surface area contributed by atoms with E-state index in [1.165, 1.54) is 24.3 Å². The van der Waals surface area contributed by atoms with Crippen LogP contribution in [0.25, 0.3) is 0 Å². The van der Waals surface area contributed by atoms with Crippen LogP contribution in [0.3, 0.4) is 0 Å². The van der Waals surface area contributed by atoms with Crippen molar-refractivity contribution in [3.8, 4) is 0 Å². The van der Waals surface area contributed by atoms with E-state index in [-0.39, 0.29) is 11.1 Å². The number of esters is 3. The fourth-order valence-corrected chi connectivity index (χ4v) is 3.43. The quantitative estimate of drug-likeness (QED) is 0.386. The second kappa shape index (κ2) is 10.7. The molecule has 1 aliphatic heterocycles. The molecular weight excluding hydrogens is 443 g/mol. The van der Waals surface area contributed by atoms with Gasteiger partial charge in [-0.1, -0.05) is 54.6 Å². The highest BCUT2D eigenvalue weighted by molar-refractivity contribution is 5.90. The van der Waals surface area contributed by atoms with E-state index in [0.717, 1.165) is 0 Å². The Morgan fingerprint density at radius 2 is 1.06 bits per heavy atom. The molecule has 8 heteroatoms. The number of ether oxygens (including phenoxy) is 4. The molecule has 0 radical (unpaired) electrons. The van der Waals surface area contributed by atoms with Crippen molar-refractivity contribution in [1.29, 1.82) is 0 Å². The van der Waals surface area contributed by atoms with E-state index in [1.54, 1.807) is 66.7 Å². The first kappa shape index (κ1) is 23.1. The lowest BCUT2D eigenvalue weighted by atomic mass is 10.1. The first-order chi connectivity index (χ1) is 16.5. The molecule has 0 saturated carbocycles. The molecule has 34 heavy (non-hydrogen) atoms. The Hall–Kier alpha value is -4.04. The lowest BCUT2D eigenvalue weighted by Gasteiger charge is -2.23. The number of hydrogen-bond acceptors (Lipinski definition) is 7. The van der Waals surface area contributed by atoms with Gasteiger partial charge >= 0.3 is 17.9 Å². The zero-order valence-electron chi connectivity index (χ0n) is 17.9. The Balaban J connectivity index is 1.51. The smallest absolute Gasteiger partial charge is 0.338 e. The zero-order valence-corrected chi connectivity index (χ0v) is 17.9. The van der Waals surface area contributed by atoms with Crippen molar-refractivity contribution < 1.29 is 37.7 Å². The average molecular weight is 464 g/mol. The predicted octanol–water partition coefficient (Wildman–Crippen LogP) is 3.99. The molecule has 3 aromatic rings. The van der Waals surface area contributed by atoms with Gasteiger partial charge in [0.25, 0.3) is 0 Å². The SMILES string of the molecule is O=C(OC[C@H]1O[C@H](F)[C@@H](OC(=O)c2ccccc2)[C@@H]1OC(=O)c1ccccc1)c1ccccc1. The summed E-state index contributed by atoms with van der Waals surface area (Å²) in [5.41, 5.74) is 0.710. The summed E-state index contributed by atoms with van der Waals surface area (Å²) in [5.74, 6) is -2.22. The van der Waals surface area contributed by atoms with Gasteiger partial charge in [-0.25, -0.2) is 18.8 Å². The maximum atomic E-state index is 14.8. The van der Waals surface area contributed by atoms with Gasteiger partial charge in [-0.2, -0.15) is 0 Å². The van der Waals surface area contributed by atoms with Gasteiger partial charge in [0.2, 0.25) is 6.36 Å². The Kier molecular flexibility index (Phi) is 7.29. The van der Waals surface area contributed by atoms with E-state index in [0.29, 0.717) is 5.56 Å². The van der Waals surface area contributed by atoms with E-state index >= 15 is 0 Å². The third-order valence-electron chi connectivity index (χ3n) is 5.15. The van der Waals surface area contributed by atoms with E-state index in [4.69, 9.17) is 18.9 Å². The lowest BCUT2D eigenvalue weighted by molar-refractivity contribution is -0.0884. The average Bonchev–Trinajstić information content (AvgIpc) is 3.17. The van der Waals surface area contributed by atoms with Crippen molar-refractivity contribution in [3.63, 3.8) is 0 Å². The summed E-state index contributed by atoms with van der Waals surface area (Å²) >= 11 is 0. The Morgan fingerprint density at radius 1 is 0.647 bits per heavy atom. The highest BCUT2D eigenvalue weighted by atomic mass is 19.1. The number of halogens is 1.